The molecule has 0 radical (unpaired) electrons. The first-order valence-corrected chi connectivity index (χ1v) is 16.2. The number of ketones is 1. The van der Waals surface area contributed by atoms with E-state index in [0.717, 1.165) is 30.6 Å². The van der Waals surface area contributed by atoms with E-state index in [1.54, 1.807) is 36.7 Å². The summed E-state index contributed by atoms with van der Waals surface area (Å²) in [6.07, 6.45) is 10.0. The highest BCUT2D eigenvalue weighted by Gasteiger charge is 2.20. The first-order valence-electron chi connectivity index (χ1n) is 15.3. The lowest BCUT2D eigenvalue weighted by Gasteiger charge is -2.26. The molecule has 246 valence electrons. The number of hydrogen-bond donors (Lipinski definition) is 4. The number of likely N-dealkylation sites (N-methyl/N-ethyl adjacent to an activating group) is 1. The predicted molar refractivity (Wildman–Crippen MR) is 174 cm³/mol. The second kappa shape index (κ2) is 19.1. The zero-order valence-corrected chi connectivity index (χ0v) is 27.4. The maximum atomic E-state index is 12.3. The molecule has 3 aromatic heterocycles. The Bertz CT molecular complexity index is 1450. The van der Waals surface area contributed by atoms with Gasteiger partial charge in [0.15, 0.2) is 4.96 Å². The molecule has 0 saturated carbocycles. The van der Waals surface area contributed by atoms with E-state index in [1.807, 2.05) is 11.6 Å². The van der Waals surface area contributed by atoms with Crippen LogP contribution in [0, 0.1) is 5.92 Å². The fourth-order valence-electron chi connectivity index (χ4n) is 4.78. The molecule has 3 unspecified atom stereocenters. The van der Waals surface area contributed by atoms with Gasteiger partial charge >= 0.3 is 0 Å². The van der Waals surface area contributed by atoms with Crippen molar-refractivity contribution in [1.82, 2.24) is 29.9 Å². The Hall–Kier alpha value is -4.33. The monoisotopic (exact) mass is 643 g/mol. The molecule has 0 fully saturated rings. The highest BCUT2D eigenvalue weighted by molar-refractivity contribution is 7.15. The number of pyridine rings is 1. The summed E-state index contributed by atoms with van der Waals surface area (Å²) in [5.74, 6) is -1.06. The fourth-order valence-corrected chi connectivity index (χ4v) is 5.48. The summed E-state index contributed by atoms with van der Waals surface area (Å²) < 4.78 is 3.08. The van der Waals surface area contributed by atoms with Crippen LogP contribution in [0.5, 0.6) is 0 Å². The maximum Gasteiger partial charge on any atom is 0.287 e. The smallest absolute Gasteiger partial charge is 0.287 e. The van der Waals surface area contributed by atoms with Crippen molar-refractivity contribution in [2.75, 3.05) is 11.9 Å². The number of imidazole rings is 1. The molecule has 3 rings (SSSR count). The number of carbonyl (C=O) groups excluding carboxylic acids is 5. The highest BCUT2D eigenvalue weighted by atomic mass is 32.1. The van der Waals surface area contributed by atoms with E-state index < -0.39 is 11.7 Å². The number of aromatic nitrogens is 3. The van der Waals surface area contributed by atoms with Crippen LogP contribution in [0.15, 0.2) is 40.9 Å². The second-order valence-corrected chi connectivity index (χ2v) is 11.4. The summed E-state index contributed by atoms with van der Waals surface area (Å²) in [5, 5.41) is 12.5. The molecular formula is C31H45N7O6S. The minimum absolute atomic E-state index is 0.0493. The summed E-state index contributed by atoms with van der Waals surface area (Å²) in [6, 6.07) is 3.04. The van der Waals surface area contributed by atoms with Crippen molar-refractivity contribution in [1.29, 1.82) is 0 Å². The third kappa shape index (κ3) is 11.6. The van der Waals surface area contributed by atoms with Crippen molar-refractivity contribution in [2.24, 2.45) is 5.92 Å². The summed E-state index contributed by atoms with van der Waals surface area (Å²) in [5.41, 5.74) is 0.122. The van der Waals surface area contributed by atoms with E-state index in [4.69, 9.17) is 0 Å². The Kier molecular flexibility index (Phi) is 15.7. The van der Waals surface area contributed by atoms with Crippen molar-refractivity contribution in [3.8, 4) is 0 Å². The number of Topliss-reactive ketones (excluding diaryl/α,β-unsaturated/α-hetero) is 1. The molecule has 0 aliphatic heterocycles. The van der Waals surface area contributed by atoms with Gasteiger partial charge in [0.1, 0.15) is 17.9 Å². The van der Waals surface area contributed by atoms with Gasteiger partial charge in [-0.05, 0) is 51.2 Å². The van der Waals surface area contributed by atoms with Gasteiger partial charge in [-0.2, -0.15) is 0 Å². The van der Waals surface area contributed by atoms with Crippen molar-refractivity contribution in [3.05, 3.63) is 52.2 Å². The predicted octanol–water partition coefficient (Wildman–Crippen LogP) is 3.14. The Morgan fingerprint density at radius 1 is 1.04 bits per heavy atom. The van der Waals surface area contributed by atoms with Crippen molar-refractivity contribution < 1.29 is 24.0 Å². The molecule has 14 heteroatoms. The number of rotatable bonds is 17. The minimum atomic E-state index is -0.574. The van der Waals surface area contributed by atoms with Crippen LogP contribution in [0.25, 0.3) is 4.96 Å². The largest absolute Gasteiger partial charge is 0.352 e. The number of nitrogens with one attached hydrogen (secondary N) is 4. The minimum Gasteiger partial charge on any atom is -0.352 e. The standard InChI is InChI=1S/C17H27N3O3.C14H18N4O3S/c1-4-8-13(5-2)14(6-3)19-16(22)11-20-10-7-9-15(17(20)23)18-12-21;1-3-15-13(21)11(19)5-4-9(2)16-12(20)10-8-18-6-7-22-14(18)17-10/h7,9-10,12-14H,4-6,8,11H2,1-3H3,(H,18,21)(H,19,22);6-9H,3-5H2,1-2H3,(H,15,21)(H,16,20). The highest BCUT2D eigenvalue weighted by Crippen LogP contribution is 2.18. The number of thiazole rings is 1. The van der Waals surface area contributed by atoms with Crippen molar-refractivity contribution in [3.63, 3.8) is 0 Å². The molecule has 0 aromatic carbocycles. The molecule has 3 aromatic rings. The van der Waals surface area contributed by atoms with Crippen LogP contribution in [-0.2, 0) is 25.7 Å². The third-order valence-corrected chi connectivity index (χ3v) is 7.96. The average molecular weight is 644 g/mol. The molecule has 0 bridgehead atoms. The van der Waals surface area contributed by atoms with Crippen LogP contribution < -0.4 is 26.8 Å². The summed E-state index contributed by atoms with van der Waals surface area (Å²) in [4.78, 5) is 74.7. The van der Waals surface area contributed by atoms with E-state index in [1.165, 1.54) is 22.0 Å². The SMILES string of the molecule is CCCC(CC)C(CC)NC(=O)Cn1cccc(NC=O)c1=O.CCNC(=O)C(=O)CCC(C)NC(=O)c1cn2ccsc2n1. The van der Waals surface area contributed by atoms with E-state index in [9.17, 15) is 28.8 Å². The third-order valence-electron chi connectivity index (χ3n) is 7.19. The molecule has 0 aliphatic rings. The van der Waals surface area contributed by atoms with Crippen LogP contribution in [0.4, 0.5) is 5.69 Å². The van der Waals surface area contributed by atoms with Crippen LogP contribution >= 0.6 is 11.3 Å². The lowest BCUT2D eigenvalue weighted by atomic mass is 9.90. The molecule has 45 heavy (non-hydrogen) atoms. The van der Waals surface area contributed by atoms with Gasteiger partial charge in [-0.15, -0.1) is 11.3 Å². The van der Waals surface area contributed by atoms with Gasteiger partial charge in [0, 0.05) is 49.0 Å². The Balaban J connectivity index is 0.000000314. The first-order chi connectivity index (χ1) is 21.6. The number of anilines is 1. The molecular weight excluding hydrogens is 598 g/mol. The Morgan fingerprint density at radius 3 is 2.42 bits per heavy atom. The molecule has 0 spiro atoms. The average Bonchev–Trinajstić information content (AvgIpc) is 3.63. The number of fused-ring (bicyclic) bond motifs is 1. The van der Waals surface area contributed by atoms with Gasteiger partial charge in [0.2, 0.25) is 18.1 Å². The fraction of sp³-hybridized carbons (Fsp3) is 0.516. The lowest BCUT2D eigenvalue weighted by molar-refractivity contribution is -0.137. The van der Waals surface area contributed by atoms with Gasteiger partial charge in [0.25, 0.3) is 17.4 Å². The zero-order chi connectivity index (χ0) is 33.4. The molecule has 4 amide bonds. The quantitative estimate of drug-likeness (QED) is 0.129. The molecule has 4 N–H and O–H groups in total. The van der Waals surface area contributed by atoms with E-state index in [-0.39, 0.29) is 48.1 Å². The van der Waals surface area contributed by atoms with Crippen LogP contribution in [0.2, 0.25) is 0 Å². The number of nitrogens with zero attached hydrogens (tertiary/aromatic N) is 3. The van der Waals surface area contributed by atoms with Gasteiger partial charge in [-0.25, -0.2) is 4.98 Å². The topological polar surface area (TPSA) is 173 Å². The second-order valence-electron chi connectivity index (χ2n) is 10.6. The lowest BCUT2D eigenvalue weighted by Crippen LogP contribution is -2.42. The van der Waals surface area contributed by atoms with Gasteiger partial charge in [-0.3, -0.25) is 33.2 Å². The first kappa shape index (κ1) is 36.9. The van der Waals surface area contributed by atoms with Gasteiger partial charge in [-0.1, -0.05) is 33.6 Å². The van der Waals surface area contributed by atoms with Gasteiger partial charge < -0.3 is 25.8 Å². The zero-order valence-electron chi connectivity index (χ0n) is 26.6. The number of carbonyl (C=O) groups is 5. The molecule has 0 aliphatic carbocycles. The Labute approximate surface area is 267 Å². The summed E-state index contributed by atoms with van der Waals surface area (Å²) >= 11 is 1.45. The van der Waals surface area contributed by atoms with Crippen LogP contribution in [0.3, 0.4) is 0 Å². The molecule has 13 nitrogen and oxygen atoms in total. The Morgan fingerprint density at radius 2 is 1.80 bits per heavy atom. The van der Waals surface area contributed by atoms with Crippen LogP contribution in [-0.4, -0.2) is 62.5 Å². The summed E-state index contributed by atoms with van der Waals surface area (Å²) in [6.45, 7) is 10.3. The number of hydrogen-bond acceptors (Lipinski definition) is 8. The molecule has 3 heterocycles. The maximum absolute atomic E-state index is 12.3. The van der Waals surface area contributed by atoms with Crippen LogP contribution in [0.1, 0.15) is 83.6 Å². The summed E-state index contributed by atoms with van der Waals surface area (Å²) in [7, 11) is 0. The molecule has 3 atom stereocenters. The van der Waals surface area contributed by atoms with E-state index >= 15 is 0 Å². The number of amides is 4. The van der Waals surface area contributed by atoms with Gasteiger partial charge in [0.05, 0.1) is 0 Å². The van der Waals surface area contributed by atoms with Crippen molar-refractivity contribution in [2.45, 2.75) is 91.8 Å². The van der Waals surface area contributed by atoms with Crippen molar-refractivity contribution >= 4 is 51.9 Å². The normalized spacial score (nSPS) is 12.6. The molecule has 0 saturated heterocycles. The van der Waals surface area contributed by atoms with E-state index in [0.29, 0.717) is 31.0 Å². The van der Waals surface area contributed by atoms with E-state index in [2.05, 4.69) is 47.0 Å².